The molecule has 1 saturated heterocycles. The third-order valence-electron chi connectivity index (χ3n) is 4.54. The molecule has 0 radical (unpaired) electrons. The van der Waals surface area contributed by atoms with E-state index in [4.69, 9.17) is 9.47 Å². The highest BCUT2D eigenvalue weighted by molar-refractivity contribution is 5.99. The lowest BCUT2D eigenvalue weighted by Crippen LogP contribution is -2.64. The molecule has 0 aliphatic carbocycles. The summed E-state index contributed by atoms with van der Waals surface area (Å²) in [7, 11) is 1.55. The minimum atomic E-state index is -1.09. The topological polar surface area (TPSA) is 76.1 Å². The molecule has 1 amide bonds. The summed E-state index contributed by atoms with van der Waals surface area (Å²) in [6.07, 6.45) is 0.469. The highest BCUT2D eigenvalue weighted by atomic mass is 16.5. The van der Waals surface area contributed by atoms with Crippen LogP contribution in [0.5, 0.6) is 5.75 Å². The number of carboxylic acids is 1. The Kier molecular flexibility index (Phi) is 3.56. The number of carbonyl (C=O) groups excluding carboxylic acids is 1. The van der Waals surface area contributed by atoms with Gasteiger partial charge in [-0.05, 0) is 18.6 Å². The Morgan fingerprint density at radius 1 is 1.50 bits per heavy atom. The van der Waals surface area contributed by atoms with Crippen molar-refractivity contribution >= 4 is 11.9 Å². The van der Waals surface area contributed by atoms with E-state index in [1.54, 1.807) is 7.11 Å². The monoisotopic (exact) mass is 305 g/mol. The summed E-state index contributed by atoms with van der Waals surface area (Å²) in [5, 5.41) is 9.55. The van der Waals surface area contributed by atoms with Gasteiger partial charge in [0, 0.05) is 26.0 Å². The van der Waals surface area contributed by atoms with Gasteiger partial charge in [0.25, 0.3) is 0 Å². The van der Waals surface area contributed by atoms with Crippen molar-refractivity contribution in [3.63, 3.8) is 0 Å². The molecule has 1 aromatic carbocycles. The van der Waals surface area contributed by atoms with Gasteiger partial charge in [0.2, 0.25) is 5.91 Å². The van der Waals surface area contributed by atoms with Crippen LogP contribution >= 0.6 is 0 Å². The Morgan fingerprint density at radius 2 is 2.23 bits per heavy atom. The first-order valence-corrected chi connectivity index (χ1v) is 7.29. The van der Waals surface area contributed by atoms with Gasteiger partial charge in [0.05, 0.1) is 6.61 Å². The van der Waals surface area contributed by atoms with E-state index in [1.807, 2.05) is 31.2 Å². The molecule has 2 heterocycles. The van der Waals surface area contributed by atoms with Crippen LogP contribution < -0.4 is 4.74 Å². The number of amides is 1. The Balaban J connectivity index is 2.07. The molecule has 6 heteroatoms. The van der Waals surface area contributed by atoms with E-state index in [-0.39, 0.29) is 5.92 Å². The summed E-state index contributed by atoms with van der Waals surface area (Å²) < 4.78 is 11.1. The van der Waals surface area contributed by atoms with Gasteiger partial charge in [0.15, 0.2) is 5.72 Å². The first-order chi connectivity index (χ1) is 10.5. The zero-order chi connectivity index (χ0) is 15.9. The molecule has 1 aromatic rings. The van der Waals surface area contributed by atoms with Crippen LogP contribution in [0.15, 0.2) is 24.3 Å². The molecule has 22 heavy (non-hydrogen) atoms. The number of para-hydroxylation sites is 1. The quantitative estimate of drug-likeness (QED) is 0.852. The fourth-order valence-electron chi connectivity index (χ4n) is 3.52. The lowest BCUT2D eigenvalue weighted by molar-refractivity contribution is -0.181. The number of hydrogen-bond donors (Lipinski definition) is 1. The van der Waals surface area contributed by atoms with Crippen LogP contribution in [-0.4, -0.2) is 47.9 Å². The fraction of sp³-hybridized carbons (Fsp3) is 0.500. The number of benzene rings is 1. The third-order valence-corrected chi connectivity index (χ3v) is 4.54. The van der Waals surface area contributed by atoms with Crippen molar-refractivity contribution in [3.8, 4) is 5.75 Å². The van der Waals surface area contributed by atoms with Crippen molar-refractivity contribution in [1.82, 2.24) is 4.90 Å². The second-order valence-electron chi connectivity index (χ2n) is 5.92. The summed E-state index contributed by atoms with van der Waals surface area (Å²) in [6, 6.07) is 7.35. The van der Waals surface area contributed by atoms with Crippen molar-refractivity contribution in [3.05, 3.63) is 29.8 Å². The lowest BCUT2D eigenvalue weighted by Gasteiger charge is -2.52. The van der Waals surface area contributed by atoms with Gasteiger partial charge in [-0.2, -0.15) is 0 Å². The van der Waals surface area contributed by atoms with E-state index in [0.717, 1.165) is 5.56 Å². The van der Waals surface area contributed by atoms with Crippen LogP contribution in [0.25, 0.3) is 0 Å². The number of fused-ring (bicyclic) bond motifs is 4. The molecule has 0 unspecified atom stereocenters. The van der Waals surface area contributed by atoms with E-state index >= 15 is 0 Å². The van der Waals surface area contributed by atoms with E-state index in [0.29, 0.717) is 25.3 Å². The molecular weight excluding hydrogens is 286 g/mol. The standard InChI is InChI=1S/C16H19NO5/c1-16-9-11(10-5-3-4-6-12(10)22-16)13(15(19)20)14(18)17(16)7-8-21-2/h3-6,11,13H,7-9H2,1-2H3,(H,19,20)/t11-,13+,16-/m1/s1. The number of carboxylic acid groups (broad SMARTS) is 1. The maximum Gasteiger partial charge on any atom is 0.316 e. The Bertz CT molecular complexity index is 616. The summed E-state index contributed by atoms with van der Waals surface area (Å²) >= 11 is 0. The molecule has 2 bridgehead atoms. The van der Waals surface area contributed by atoms with Gasteiger partial charge in [-0.15, -0.1) is 0 Å². The van der Waals surface area contributed by atoms with E-state index in [2.05, 4.69) is 0 Å². The SMILES string of the molecule is COCCN1C(=O)[C@@H](C(=O)O)[C@@H]2C[C@@]1(C)Oc1ccccc12. The predicted molar refractivity (Wildman–Crippen MR) is 77.5 cm³/mol. The molecule has 3 atom stereocenters. The zero-order valence-corrected chi connectivity index (χ0v) is 12.6. The average molecular weight is 305 g/mol. The second kappa shape index (κ2) is 5.28. The van der Waals surface area contributed by atoms with Crippen molar-refractivity contribution in [2.75, 3.05) is 20.3 Å². The normalized spacial score (nSPS) is 29.7. The molecule has 2 aliphatic rings. The van der Waals surface area contributed by atoms with Crippen LogP contribution in [0.2, 0.25) is 0 Å². The lowest BCUT2D eigenvalue weighted by atomic mass is 9.74. The van der Waals surface area contributed by atoms with Crippen LogP contribution in [0, 0.1) is 5.92 Å². The van der Waals surface area contributed by atoms with Gasteiger partial charge >= 0.3 is 5.97 Å². The number of ether oxygens (including phenoxy) is 2. The number of carbonyl (C=O) groups is 2. The zero-order valence-electron chi connectivity index (χ0n) is 12.6. The number of rotatable bonds is 4. The highest BCUT2D eigenvalue weighted by Crippen LogP contribution is 2.49. The van der Waals surface area contributed by atoms with Crippen molar-refractivity contribution < 1.29 is 24.2 Å². The molecule has 6 nitrogen and oxygen atoms in total. The summed E-state index contributed by atoms with van der Waals surface area (Å²) in [5.74, 6) is -2.27. The van der Waals surface area contributed by atoms with Crippen LogP contribution in [0.3, 0.4) is 0 Å². The van der Waals surface area contributed by atoms with Gasteiger partial charge in [-0.3, -0.25) is 9.59 Å². The van der Waals surface area contributed by atoms with Gasteiger partial charge < -0.3 is 19.5 Å². The maximum atomic E-state index is 12.7. The third kappa shape index (κ3) is 2.14. The number of hydrogen-bond acceptors (Lipinski definition) is 4. The Labute approximate surface area is 128 Å². The van der Waals surface area contributed by atoms with Gasteiger partial charge in [-0.25, -0.2) is 0 Å². The van der Waals surface area contributed by atoms with Crippen LogP contribution in [0.4, 0.5) is 0 Å². The van der Waals surface area contributed by atoms with Crippen LogP contribution in [-0.2, 0) is 14.3 Å². The second-order valence-corrected chi connectivity index (χ2v) is 5.92. The first-order valence-electron chi connectivity index (χ1n) is 7.29. The van der Waals surface area contributed by atoms with Gasteiger partial charge in [0.1, 0.15) is 11.7 Å². The highest BCUT2D eigenvalue weighted by Gasteiger charge is 2.56. The number of likely N-dealkylation sites (tertiary alicyclic amines) is 1. The van der Waals surface area contributed by atoms with Crippen LogP contribution in [0.1, 0.15) is 24.8 Å². The number of aliphatic carboxylic acids is 1. The summed E-state index contributed by atoms with van der Waals surface area (Å²) in [5.41, 5.74) is -0.0345. The smallest absolute Gasteiger partial charge is 0.316 e. The summed E-state index contributed by atoms with van der Waals surface area (Å²) in [4.78, 5) is 25.9. The molecule has 1 fully saturated rings. The van der Waals surface area contributed by atoms with Crippen molar-refractivity contribution in [2.45, 2.75) is 25.0 Å². The summed E-state index contributed by atoms with van der Waals surface area (Å²) in [6.45, 7) is 2.48. The van der Waals surface area contributed by atoms with E-state index in [1.165, 1.54) is 4.90 Å². The number of nitrogens with zero attached hydrogens (tertiary/aromatic N) is 1. The predicted octanol–water partition coefficient (Wildman–Crippen LogP) is 1.46. The molecule has 3 rings (SSSR count). The molecule has 0 spiro atoms. The van der Waals surface area contributed by atoms with Crippen molar-refractivity contribution in [1.29, 1.82) is 0 Å². The maximum absolute atomic E-state index is 12.7. The molecule has 2 aliphatic heterocycles. The number of piperidine rings is 1. The van der Waals surface area contributed by atoms with Crippen molar-refractivity contribution in [2.24, 2.45) is 5.92 Å². The van der Waals surface area contributed by atoms with E-state index < -0.39 is 23.5 Å². The molecular formula is C16H19NO5. The van der Waals surface area contributed by atoms with Gasteiger partial charge in [-0.1, -0.05) is 18.2 Å². The first kappa shape index (κ1) is 14.8. The van der Waals surface area contributed by atoms with E-state index in [9.17, 15) is 14.7 Å². The Morgan fingerprint density at radius 3 is 2.91 bits per heavy atom. The fourth-order valence-corrected chi connectivity index (χ4v) is 3.52. The average Bonchev–Trinajstić information content (AvgIpc) is 2.46. The minimum Gasteiger partial charge on any atom is -0.481 e. The largest absolute Gasteiger partial charge is 0.481 e. The Hall–Kier alpha value is -2.08. The molecule has 118 valence electrons. The molecule has 0 saturated carbocycles. The minimum absolute atomic E-state index is 0.310. The number of methoxy groups -OCH3 is 1. The molecule has 1 N–H and O–H groups in total. The molecule has 0 aromatic heterocycles.